The molecular weight excluding hydrogens is 607 g/mol. The van der Waals surface area contributed by atoms with Crippen molar-refractivity contribution in [1.29, 1.82) is 5.26 Å². The number of nitro groups is 1. The van der Waals surface area contributed by atoms with Gasteiger partial charge in [0.15, 0.2) is 11.5 Å². The second-order valence-corrected chi connectivity index (χ2v) is 10.5. The molecule has 15 heteroatoms. The number of ether oxygens (including phenoxy) is 2. The first-order valence-electron chi connectivity index (χ1n) is 11.8. The quantitative estimate of drug-likeness (QED) is 0.0936. The molecule has 2 N–H and O–H groups in total. The molecule has 0 aliphatic carbocycles. The highest BCUT2D eigenvalue weighted by atomic mass is 35.5. The van der Waals surface area contributed by atoms with Gasteiger partial charge in [-0.1, -0.05) is 35.3 Å². The van der Waals surface area contributed by atoms with E-state index in [-0.39, 0.29) is 38.1 Å². The lowest BCUT2D eigenvalue weighted by Crippen LogP contribution is -2.21. The van der Waals surface area contributed by atoms with Gasteiger partial charge in [-0.3, -0.25) is 19.1 Å². The Kier molecular flexibility index (Phi) is 9.53. The van der Waals surface area contributed by atoms with Crippen molar-refractivity contribution in [2.45, 2.75) is 5.16 Å². The first-order chi connectivity index (χ1) is 20.1. The summed E-state index contributed by atoms with van der Waals surface area (Å²) in [5, 5.41) is 26.2. The molecule has 0 aliphatic rings. The predicted octanol–water partition coefficient (Wildman–Crippen LogP) is 5.89. The van der Waals surface area contributed by atoms with Crippen LogP contribution in [-0.4, -0.2) is 45.0 Å². The van der Waals surface area contributed by atoms with Crippen molar-refractivity contribution in [3.05, 3.63) is 80.3 Å². The summed E-state index contributed by atoms with van der Waals surface area (Å²) in [6.45, 7) is 0. The SMILES string of the molecule is COc1cc2nc(S(=O)CC(=O)Nc3ccccc3[N+](=O)[O-])nc(Nc3c(Cl)cc(/C=C/C#N)cc3Cl)c2cc1OC. The number of benzene rings is 3. The standard InChI is InChI=1S/C27H20Cl2N6O6S/c1-40-22-12-16-20(13-23(22)41-2)32-27(42(39)14-24(36)31-19-7-3-4-8-21(19)35(37)38)34-26(16)33-25-17(28)10-15(6-5-9-30)11-18(25)29/h3-8,10-13H,14H2,1-2H3,(H,31,36)(H,32,33,34)/b6-5+. The van der Waals surface area contributed by atoms with E-state index in [0.29, 0.717) is 28.0 Å². The monoisotopic (exact) mass is 626 g/mol. The molecule has 0 fully saturated rings. The largest absolute Gasteiger partial charge is 0.493 e. The highest BCUT2D eigenvalue weighted by Crippen LogP contribution is 2.39. The first kappa shape index (κ1) is 30.2. The summed E-state index contributed by atoms with van der Waals surface area (Å²) in [5.74, 6) is -0.493. The lowest BCUT2D eigenvalue weighted by Gasteiger charge is -2.15. The molecule has 3 aromatic carbocycles. The zero-order chi connectivity index (χ0) is 30.4. The molecule has 0 bridgehead atoms. The van der Waals surface area contributed by atoms with Gasteiger partial charge in [-0.05, 0) is 35.9 Å². The number of fused-ring (bicyclic) bond motifs is 1. The number of hydrogen-bond acceptors (Lipinski definition) is 10. The zero-order valence-corrected chi connectivity index (χ0v) is 24.2. The summed E-state index contributed by atoms with van der Waals surface area (Å²) in [6, 6.07) is 13.8. The number of hydrogen-bond donors (Lipinski definition) is 2. The van der Waals surface area contributed by atoms with Gasteiger partial charge in [-0.15, -0.1) is 0 Å². The van der Waals surface area contributed by atoms with E-state index in [1.54, 1.807) is 24.3 Å². The Morgan fingerprint density at radius 2 is 1.79 bits per heavy atom. The molecule has 1 aromatic heterocycles. The third-order valence-electron chi connectivity index (χ3n) is 5.68. The van der Waals surface area contributed by atoms with Crippen molar-refractivity contribution in [3.63, 3.8) is 0 Å². The van der Waals surface area contributed by atoms with Crippen LogP contribution in [0.15, 0.2) is 59.8 Å². The van der Waals surface area contributed by atoms with Crippen LogP contribution in [0.2, 0.25) is 10.0 Å². The maximum Gasteiger partial charge on any atom is 0.292 e. The van der Waals surface area contributed by atoms with Crippen molar-refractivity contribution < 1.29 is 23.4 Å². The maximum atomic E-state index is 13.3. The van der Waals surface area contributed by atoms with Crippen molar-refractivity contribution in [3.8, 4) is 17.6 Å². The molecule has 0 aliphatic heterocycles. The lowest BCUT2D eigenvalue weighted by molar-refractivity contribution is -0.383. The minimum atomic E-state index is -2.08. The van der Waals surface area contributed by atoms with Gasteiger partial charge in [0.25, 0.3) is 5.69 Å². The number of rotatable bonds is 10. The van der Waals surface area contributed by atoms with E-state index in [9.17, 15) is 19.1 Å². The number of methoxy groups -OCH3 is 2. The highest BCUT2D eigenvalue weighted by molar-refractivity contribution is 7.85. The molecule has 0 spiro atoms. The average Bonchev–Trinajstić information content (AvgIpc) is 2.96. The van der Waals surface area contributed by atoms with Gasteiger partial charge in [-0.2, -0.15) is 5.26 Å². The smallest absolute Gasteiger partial charge is 0.292 e. The van der Waals surface area contributed by atoms with E-state index in [1.165, 1.54) is 50.6 Å². The third-order valence-corrected chi connectivity index (χ3v) is 7.39. The van der Waals surface area contributed by atoms with Crippen LogP contribution in [0.4, 0.5) is 22.9 Å². The zero-order valence-electron chi connectivity index (χ0n) is 21.9. The Morgan fingerprint density at radius 3 is 2.43 bits per heavy atom. The summed E-state index contributed by atoms with van der Waals surface area (Å²) in [7, 11) is 0.814. The van der Waals surface area contributed by atoms with Gasteiger partial charge >= 0.3 is 0 Å². The number of para-hydroxylation sites is 2. The normalized spacial score (nSPS) is 11.6. The van der Waals surface area contributed by atoms with E-state index in [2.05, 4.69) is 20.6 Å². The molecule has 0 saturated carbocycles. The summed E-state index contributed by atoms with van der Waals surface area (Å²) >= 11 is 13.0. The molecule has 42 heavy (non-hydrogen) atoms. The second kappa shape index (κ2) is 13.3. The van der Waals surface area contributed by atoms with Crippen molar-refractivity contribution >= 4 is 79.8 Å². The van der Waals surface area contributed by atoms with Crippen LogP contribution in [-0.2, 0) is 15.6 Å². The van der Waals surface area contributed by atoms with E-state index in [0.717, 1.165) is 0 Å². The summed E-state index contributed by atoms with van der Waals surface area (Å²) in [5.41, 5.74) is 0.804. The van der Waals surface area contributed by atoms with Crippen molar-refractivity contribution in [2.75, 3.05) is 30.6 Å². The number of anilines is 3. The van der Waals surface area contributed by atoms with Crippen molar-refractivity contribution in [2.24, 2.45) is 0 Å². The van der Waals surface area contributed by atoms with Crippen molar-refractivity contribution in [1.82, 2.24) is 9.97 Å². The first-order valence-corrected chi connectivity index (χ1v) is 13.9. The average molecular weight is 627 g/mol. The summed E-state index contributed by atoms with van der Waals surface area (Å²) < 4.78 is 24.1. The van der Waals surface area contributed by atoms with Crippen LogP contribution in [0.25, 0.3) is 17.0 Å². The summed E-state index contributed by atoms with van der Waals surface area (Å²) in [4.78, 5) is 32.1. The molecule has 1 heterocycles. The molecule has 1 amide bonds. The topological polar surface area (TPSA) is 169 Å². The van der Waals surface area contributed by atoms with Crippen LogP contribution in [0.3, 0.4) is 0 Å². The number of nitriles is 1. The molecule has 214 valence electrons. The number of halogens is 2. The number of allylic oxidation sites excluding steroid dienone is 1. The Labute approximate surface area is 251 Å². The Balaban J connectivity index is 1.74. The van der Waals surface area contributed by atoms with E-state index >= 15 is 0 Å². The van der Waals surface area contributed by atoms with E-state index in [1.807, 2.05) is 6.07 Å². The minimum Gasteiger partial charge on any atom is -0.493 e. The number of carbonyl (C=O) groups excluding carboxylic acids is 1. The van der Waals surface area contributed by atoms with Crippen LogP contribution in [0.1, 0.15) is 5.56 Å². The molecule has 0 saturated heterocycles. The van der Waals surface area contributed by atoms with Gasteiger partial charge < -0.3 is 20.1 Å². The minimum absolute atomic E-state index is 0.0412. The number of amides is 1. The number of nitrogens with one attached hydrogen (secondary N) is 2. The molecule has 1 atom stereocenters. The molecular formula is C27H20Cl2N6O6S. The maximum absolute atomic E-state index is 13.3. The molecule has 1 unspecified atom stereocenters. The fourth-order valence-electron chi connectivity index (χ4n) is 3.80. The van der Waals surface area contributed by atoms with Crippen LogP contribution in [0, 0.1) is 21.4 Å². The van der Waals surface area contributed by atoms with Gasteiger partial charge in [-0.25, -0.2) is 9.97 Å². The Bertz CT molecular complexity index is 1790. The Hall–Kier alpha value is -4.77. The summed E-state index contributed by atoms with van der Waals surface area (Å²) in [6.07, 6.45) is 2.82. The van der Waals surface area contributed by atoms with Gasteiger partial charge in [0, 0.05) is 23.6 Å². The fraction of sp³-hybridized carbons (Fsp3) is 0.111. The number of carbonyl (C=O) groups is 1. The predicted molar refractivity (Wildman–Crippen MR) is 160 cm³/mol. The molecule has 12 nitrogen and oxygen atoms in total. The van der Waals surface area contributed by atoms with Gasteiger partial charge in [0.2, 0.25) is 11.1 Å². The molecule has 4 rings (SSSR count). The second-order valence-electron chi connectivity index (χ2n) is 8.34. The van der Waals surface area contributed by atoms with E-state index < -0.39 is 27.4 Å². The lowest BCUT2D eigenvalue weighted by atomic mass is 10.1. The Morgan fingerprint density at radius 1 is 1.12 bits per heavy atom. The van der Waals surface area contributed by atoms with Crippen LogP contribution in [0.5, 0.6) is 11.5 Å². The number of nitro benzene ring substituents is 1. The van der Waals surface area contributed by atoms with Crippen LogP contribution >= 0.6 is 23.2 Å². The van der Waals surface area contributed by atoms with Crippen LogP contribution < -0.4 is 20.1 Å². The van der Waals surface area contributed by atoms with Gasteiger partial charge in [0.1, 0.15) is 28.1 Å². The van der Waals surface area contributed by atoms with Gasteiger partial charge in [0.05, 0.1) is 46.5 Å². The van der Waals surface area contributed by atoms with E-state index in [4.69, 9.17) is 37.9 Å². The third kappa shape index (κ3) is 6.74. The molecule has 4 aromatic rings. The number of nitrogens with zero attached hydrogens (tertiary/aromatic N) is 4. The number of aromatic nitrogens is 2. The fourth-order valence-corrected chi connectivity index (χ4v) is 5.23. The molecule has 0 radical (unpaired) electrons. The highest BCUT2D eigenvalue weighted by Gasteiger charge is 2.21.